The molecule has 1 aliphatic rings. The van der Waals surface area contributed by atoms with Gasteiger partial charge in [0.15, 0.2) is 17.2 Å². The Bertz CT molecular complexity index is 676. The number of carbonyl (C=O) groups excluding carboxylic acids is 1. The molecule has 1 unspecified atom stereocenters. The van der Waals surface area contributed by atoms with E-state index in [1.54, 1.807) is 24.3 Å². The second-order valence-electron chi connectivity index (χ2n) is 4.50. The number of para-hydroxylation sites is 1. The van der Waals surface area contributed by atoms with Crippen molar-refractivity contribution in [2.75, 3.05) is 5.32 Å². The van der Waals surface area contributed by atoms with Gasteiger partial charge in [-0.1, -0.05) is 12.1 Å². The molecule has 0 fully saturated rings. The van der Waals surface area contributed by atoms with Crippen molar-refractivity contribution in [3.8, 4) is 17.2 Å². The second-order valence-corrected chi connectivity index (χ2v) is 4.50. The zero-order valence-corrected chi connectivity index (χ0v) is 10.3. The number of carbonyl (C=O) groups is 1. The maximum Gasteiger partial charge on any atom is 0.255 e. The highest BCUT2D eigenvalue weighted by Gasteiger charge is 2.25. The smallest absolute Gasteiger partial charge is 0.255 e. The third-order valence-electron chi connectivity index (χ3n) is 3.17. The molecule has 2 aromatic rings. The topological polar surface area (TPSA) is 102 Å². The minimum atomic E-state index is -0.602. The van der Waals surface area contributed by atoms with Gasteiger partial charge >= 0.3 is 0 Å². The lowest BCUT2D eigenvalue weighted by atomic mass is 10.0. The van der Waals surface area contributed by atoms with Gasteiger partial charge in [0, 0.05) is 11.3 Å². The molecule has 2 aromatic carbocycles. The van der Waals surface area contributed by atoms with Crippen LogP contribution in [0.15, 0.2) is 36.4 Å². The van der Waals surface area contributed by atoms with Crippen LogP contribution in [0.4, 0.5) is 5.69 Å². The number of amides is 1. The highest BCUT2D eigenvalue weighted by atomic mass is 16.3. The Morgan fingerprint density at radius 2 is 1.60 bits per heavy atom. The van der Waals surface area contributed by atoms with Crippen LogP contribution >= 0.6 is 0 Å². The van der Waals surface area contributed by atoms with Crippen molar-refractivity contribution in [3.63, 3.8) is 0 Å². The Hall–Kier alpha value is -2.89. The number of fused-ring (bicyclic) bond motifs is 1. The molecule has 102 valence electrons. The molecule has 1 aliphatic heterocycles. The summed E-state index contributed by atoms with van der Waals surface area (Å²) in [6.45, 7) is 0. The fourth-order valence-corrected chi connectivity index (χ4v) is 2.17. The number of rotatable bonds is 1. The number of hydrogen-bond donors (Lipinski definition) is 5. The standard InChI is InChI=1S/C14H12N2O4/c17-10-5-7(6-11(18)12(10)19)13-15-9-4-2-1-3-8(9)14(20)16-13/h1-6,13,15,17-19H,(H,16,20). The van der Waals surface area contributed by atoms with Crippen molar-refractivity contribution < 1.29 is 20.1 Å². The van der Waals surface area contributed by atoms with Gasteiger partial charge in [0.1, 0.15) is 6.17 Å². The molecule has 0 bridgehead atoms. The molecule has 0 radical (unpaired) electrons. The van der Waals surface area contributed by atoms with E-state index in [1.165, 1.54) is 12.1 Å². The van der Waals surface area contributed by atoms with E-state index in [1.807, 2.05) is 0 Å². The average molecular weight is 272 g/mol. The van der Waals surface area contributed by atoms with Crippen LogP contribution in [0.3, 0.4) is 0 Å². The number of phenols is 3. The quantitative estimate of drug-likeness (QED) is 0.508. The van der Waals surface area contributed by atoms with E-state index in [0.29, 0.717) is 16.8 Å². The number of phenolic OH excluding ortho intramolecular Hbond substituents is 3. The molecule has 0 saturated carbocycles. The molecule has 1 heterocycles. The predicted molar refractivity (Wildman–Crippen MR) is 71.7 cm³/mol. The second kappa shape index (κ2) is 4.34. The van der Waals surface area contributed by atoms with Gasteiger partial charge in [-0.05, 0) is 24.3 Å². The third kappa shape index (κ3) is 1.87. The Morgan fingerprint density at radius 1 is 0.950 bits per heavy atom. The minimum Gasteiger partial charge on any atom is -0.504 e. The lowest BCUT2D eigenvalue weighted by Crippen LogP contribution is -2.38. The van der Waals surface area contributed by atoms with Gasteiger partial charge < -0.3 is 26.0 Å². The van der Waals surface area contributed by atoms with Crippen LogP contribution < -0.4 is 10.6 Å². The van der Waals surface area contributed by atoms with Gasteiger partial charge in [0.2, 0.25) is 0 Å². The third-order valence-corrected chi connectivity index (χ3v) is 3.17. The van der Waals surface area contributed by atoms with Gasteiger partial charge in [-0.3, -0.25) is 4.79 Å². The van der Waals surface area contributed by atoms with E-state index in [2.05, 4.69) is 10.6 Å². The van der Waals surface area contributed by atoms with Gasteiger partial charge in [-0.15, -0.1) is 0 Å². The summed E-state index contributed by atoms with van der Waals surface area (Å²) >= 11 is 0. The Kier molecular flexibility index (Phi) is 2.64. The van der Waals surface area contributed by atoms with E-state index < -0.39 is 23.4 Å². The summed E-state index contributed by atoms with van der Waals surface area (Å²) in [6, 6.07) is 9.58. The monoisotopic (exact) mass is 272 g/mol. The molecule has 0 spiro atoms. The van der Waals surface area contributed by atoms with E-state index >= 15 is 0 Å². The maximum absolute atomic E-state index is 12.0. The highest BCUT2D eigenvalue weighted by Crippen LogP contribution is 2.38. The van der Waals surface area contributed by atoms with E-state index in [4.69, 9.17) is 0 Å². The Morgan fingerprint density at radius 3 is 2.30 bits per heavy atom. The fourth-order valence-electron chi connectivity index (χ4n) is 2.17. The van der Waals surface area contributed by atoms with Crippen LogP contribution in [0.5, 0.6) is 17.2 Å². The summed E-state index contributed by atoms with van der Waals surface area (Å²) in [5, 5.41) is 34.2. The van der Waals surface area contributed by atoms with Crippen LogP contribution in [0.1, 0.15) is 22.1 Å². The molecule has 6 heteroatoms. The lowest BCUT2D eigenvalue weighted by molar-refractivity contribution is 0.0935. The number of nitrogens with one attached hydrogen (secondary N) is 2. The van der Waals surface area contributed by atoms with Crippen molar-refractivity contribution in [2.24, 2.45) is 0 Å². The molecule has 1 amide bonds. The van der Waals surface area contributed by atoms with E-state index in [0.717, 1.165) is 0 Å². The molecule has 0 saturated heterocycles. The molecular weight excluding hydrogens is 260 g/mol. The van der Waals surface area contributed by atoms with Crippen molar-refractivity contribution in [3.05, 3.63) is 47.5 Å². The zero-order valence-electron chi connectivity index (χ0n) is 10.3. The van der Waals surface area contributed by atoms with Crippen LogP contribution in [0.2, 0.25) is 0 Å². The van der Waals surface area contributed by atoms with Crippen LogP contribution in [0.25, 0.3) is 0 Å². The minimum absolute atomic E-state index is 0.253. The molecule has 1 atom stereocenters. The van der Waals surface area contributed by atoms with E-state index in [-0.39, 0.29) is 5.91 Å². The summed E-state index contributed by atoms with van der Waals surface area (Å²) in [5.41, 5.74) is 1.62. The predicted octanol–water partition coefficient (Wildman–Crippen LogP) is 1.66. The first-order chi connectivity index (χ1) is 9.56. The molecule has 3 rings (SSSR count). The molecule has 0 aliphatic carbocycles. The Balaban J connectivity index is 2.00. The first-order valence-corrected chi connectivity index (χ1v) is 5.97. The van der Waals surface area contributed by atoms with Crippen molar-refractivity contribution in [2.45, 2.75) is 6.17 Å². The lowest BCUT2D eigenvalue weighted by Gasteiger charge is -2.28. The van der Waals surface area contributed by atoms with E-state index in [9.17, 15) is 20.1 Å². The maximum atomic E-state index is 12.0. The van der Waals surface area contributed by atoms with Gasteiger partial charge in [-0.2, -0.15) is 0 Å². The SMILES string of the molecule is O=C1NC(c2cc(O)c(O)c(O)c2)Nc2ccccc21. The summed E-state index contributed by atoms with van der Waals surface area (Å²) in [6.07, 6.45) is -0.602. The van der Waals surface area contributed by atoms with Gasteiger partial charge in [-0.25, -0.2) is 0 Å². The molecule has 0 aromatic heterocycles. The molecule has 6 nitrogen and oxygen atoms in total. The number of anilines is 1. The van der Waals surface area contributed by atoms with Crippen molar-refractivity contribution in [1.29, 1.82) is 0 Å². The molecule has 5 N–H and O–H groups in total. The number of hydrogen-bond acceptors (Lipinski definition) is 5. The normalized spacial score (nSPS) is 17.0. The number of benzene rings is 2. The fraction of sp³-hybridized carbons (Fsp3) is 0.0714. The van der Waals surface area contributed by atoms with Crippen LogP contribution in [-0.2, 0) is 0 Å². The average Bonchev–Trinajstić information content (AvgIpc) is 2.44. The summed E-state index contributed by atoms with van der Waals surface area (Å²) in [4.78, 5) is 12.0. The van der Waals surface area contributed by atoms with Gasteiger partial charge in [0.25, 0.3) is 5.91 Å². The molecular formula is C14H12N2O4. The zero-order chi connectivity index (χ0) is 14.3. The summed E-state index contributed by atoms with van der Waals surface area (Å²) in [7, 11) is 0. The molecule has 20 heavy (non-hydrogen) atoms. The summed E-state index contributed by atoms with van der Waals surface area (Å²) in [5.74, 6) is -1.74. The highest BCUT2D eigenvalue weighted by molar-refractivity contribution is 6.01. The van der Waals surface area contributed by atoms with Crippen LogP contribution in [-0.4, -0.2) is 21.2 Å². The number of aromatic hydroxyl groups is 3. The van der Waals surface area contributed by atoms with Crippen molar-refractivity contribution in [1.82, 2.24) is 5.32 Å². The van der Waals surface area contributed by atoms with Crippen molar-refractivity contribution >= 4 is 11.6 Å². The van der Waals surface area contributed by atoms with Crippen LogP contribution in [0, 0.1) is 0 Å². The first-order valence-electron chi connectivity index (χ1n) is 5.97. The summed E-state index contributed by atoms with van der Waals surface area (Å²) < 4.78 is 0. The largest absolute Gasteiger partial charge is 0.504 e. The van der Waals surface area contributed by atoms with Gasteiger partial charge in [0.05, 0.1) is 5.56 Å². The Labute approximate surface area is 114 Å². The first kappa shape index (κ1) is 12.2.